The standard InChI is InChI=1S/C30H28ClN3O4S/c1-37-23-10-11-25(20-6-3-2-4-7-20)26(17-23)32-29(36)27-19-39-30(33-27)21-12-14-34(15-13-21)28(35)18-38-24-9-5-8-22(31)16-24/h2-11,16-17,19,21H,12-15,18H2,1H3,(H,32,36). The molecule has 1 N–H and O–H groups in total. The lowest BCUT2D eigenvalue weighted by atomic mass is 9.97. The smallest absolute Gasteiger partial charge is 0.275 e. The number of rotatable bonds is 8. The Morgan fingerprint density at radius 1 is 1.03 bits per heavy atom. The minimum atomic E-state index is -0.270. The zero-order valence-electron chi connectivity index (χ0n) is 21.4. The number of carbonyl (C=O) groups is 2. The van der Waals surface area contributed by atoms with Crippen LogP contribution in [-0.4, -0.2) is 48.5 Å². The van der Waals surface area contributed by atoms with Crippen LogP contribution in [-0.2, 0) is 4.79 Å². The Kier molecular flexibility index (Phi) is 8.44. The molecule has 0 aliphatic carbocycles. The highest BCUT2D eigenvalue weighted by Crippen LogP contribution is 2.33. The van der Waals surface area contributed by atoms with Gasteiger partial charge in [0.15, 0.2) is 6.61 Å². The summed E-state index contributed by atoms with van der Waals surface area (Å²) in [6.07, 6.45) is 1.57. The first kappa shape index (κ1) is 26.7. The maximum atomic E-state index is 13.2. The molecule has 2 amide bonds. The van der Waals surface area contributed by atoms with Gasteiger partial charge >= 0.3 is 0 Å². The van der Waals surface area contributed by atoms with Crippen molar-refractivity contribution in [3.05, 3.63) is 93.9 Å². The molecule has 2 heterocycles. The van der Waals surface area contributed by atoms with E-state index in [-0.39, 0.29) is 24.3 Å². The summed E-state index contributed by atoms with van der Waals surface area (Å²) in [6, 6.07) is 22.5. The SMILES string of the molecule is COc1ccc(-c2ccccc2)c(NC(=O)c2csc(C3CCN(C(=O)COc4cccc(Cl)c4)CC3)n2)c1. The second-order valence-corrected chi connectivity index (χ2v) is 10.5. The largest absolute Gasteiger partial charge is 0.497 e. The maximum Gasteiger partial charge on any atom is 0.275 e. The first-order valence-corrected chi connectivity index (χ1v) is 13.9. The predicted octanol–water partition coefficient (Wildman–Crippen LogP) is 6.51. The van der Waals surface area contributed by atoms with Crippen LogP contribution in [0.1, 0.15) is 34.3 Å². The lowest BCUT2D eigenvalue weighted by Gasteiger charge is -2.31. The molecule has 1 fully saturated rings. The van der Waals surface area contributed by atoms with E-state index in [1.165, 1.54) is 11.3 Å². The average molecular weight is 562 g/mol. The summed E-state index contributed by atoms with van der Waals surface area (Å²) in [5, 5.41) is 6.29. The number of hydrogen-bond donors (Lipinski definition) is 1. The molecule has 39 heavy (non-hydrogen) atoms. The van der Waals surface area contributed by atoms with Crippen LogP contribution in [0.25, 0.3) is 11.1 Å². The molecule has 0 spiro atoms. The van der Waals surface area contributed by atoms with E-state index in [1.807, 2.05) is 53.4 Å². The van der Waals surface area contributed by atoms with E-state index < -0.39 is 0 Å². The third-order valence-electron chi connectivity index (χ3n) is 6.67. The van der Waals surface area contributed by atoms with Gasteiger partial charge in [-0.05, 0) is 48.7 Å². The molecular weight excluding hydrogens is 534 g/mol. The van der Waals surface area contributed by atoms with Gasteiger partial charge in [0.25, 0.3) is 11.8 Å². The number of piperidine rings is 1. The fraction of sp³-hybridized carbons (Fsp3) is 0.233. The number of nitrogens with zero attached hydrogens (tertiary/aromatic N) is 2. The molecular formula is C30H28ClN3O4S. The van der Waals surface area contributed by atoms with Crippen molar-refractivity contribution in [1.82, 2.24) is 9.88 Å². The van der Waals surface area contributed by atoms with Crippen molar-refractivity contribution in [2.45, 2.75) is 18.8 Å². The predicted molar refractivity (Wildman–Crippen MR) is 154 cm³/mol. The lowest BCUT2D eigenvalue weighted by molar-refractivity contribution is -0.134. The molecule has 1 aromatic heterocycles. The quantitative estimate of drug-likeness (QED) is 0.265. The number of likely N-dealkylation sites (tertiary alicyclic amines) is 1. The van der Waals surface area contributed by atoms with Crippen LogP contribution in [0, 0.1) is 0 Å². The van der Waals surface area contributed by atoms with E-state index in [2.05, 4.69) is 10.3 Å². The third kappa shape index (κ3) is 6.58. The van der Waals surface area contributed by atoms with Crippen LogP contribution in [0.5, 0.6) is 11.5 Å². The van der Waals surface area contributed by atoms with Crippen LogP contribution < -0.4 is 14.8 Å². The molecule has 9 heteroatoms. The van der Waals surface area contributed by atoms with Gasteiger partial charge < -0.3 is 19.7 Å². The molecule has 200 valence electrons. The Hall–Kier alpha value is -3.88. The van der Waals surface area contributed by atoms with Crippen LogP contribution in [0.4, 0.5) is 5.69 Å². The van der Waals surface area contributed by atoms with Crippen molar-refractivity contribution < 1.29 is 19.1 Å². The summed E-state index contributed by atoms with van der Waals surface area (Å²) in [7, 11) is 1.60. The summed E-state index contributed by atoms with van der Waals surface area (Å²) < 4.78 is 11.0. The highest BCUT2D eigenvalue weighted by Gasteiger charge is 2.27. The van der Waals surface area contributed by atoms with Gasteiger partial charge in [0.2, 0.25) is 0 Å². The molecule has 0 radical (unpaired) electrons. The third-order valence-corrected chi connectivity index (χ3v) is 7.91. The van der Waals surface area contributed by atoms with Crippen LogP contribution >= 0.6 is 22.9 Å². The fourth-order valence-corrected chi connectivity index (χ4v) is 5.71. The number of aromatic nitrogens is 1. The first-order chi connectivity index (χ1) is 19.0. The van der Waals surface area contributed by atoms with Crippen molar-refractivity contribution in [3.63, 3.8) is 0 Å². The number of benzene rings is 3. The van der Waals surface area contributed by atoms with Gasteiger partial charge in [-0.25, -0.2) is 4.98 Å². The zero-order chi connectivity index (χ0) is 27.2. The van der Waals surface area contributed by atoms with E-state index >= 15 is 0 Å². The molecule has 0 atom stereocenters. The van der Waals surface area contributed by atoms with Crippen molar-refractivity contribution in [2.75, 3.05) is 32.1 Å². The average Bonchev–Trinajstić information content (AvgIpc) is 3.47. The van der Waals surface area contributed by atoms with Gasteiger partial charge in [0, 0.05) is 41.0 Å². The molecule has 1 aliphatic heterocycles. The Bertz CT molecular complexity index is 1450. The molecule has 4 aromatic rings. The maximum absolute atomic E-state index is 13.2. The Balaban J connectivity index is 1.19. The van der Waals surface area contributed by atoms with Gasteiger partial charge in [0.1, 0.15) is 17.2 Å². The summed E-state index contributed by atoms with van der Waals surface area (Å²) in [4.78, 5) is 32.3. The molecule has 3 aromatic carbocycles. The number of anilines is 1. The molecule has 5 rings (SSSR count). The second kappa shape index (κ2) is 12.3. The number of halogens is 1. The highest BCUT2D eigenvalue weighted by molar-refractivity contribution is 7.10. The molecule has 0 unspecified atom stereocenters. The van der Waals surface area contributed by atoms with Crippen molar-refractivity contribution >= 4 is 40.4 Å². The van der Waals surface area contributed by atoms with E-state index in [1.54, 1.807) is 36.8 Å². The summed E-state index contributed by atoms with van der Waals surface area (Å²) in [6.45, 7) is 1.21. The molecule has 1 saturated heterocycles. The number of thiazole rings is 1. The molecule has 0 saturated carbocycles. The Morgan fingerprint density at radius 2 is 1.82 bits per heavy atom. The summed E-state index contributed by atoms with van der Waals surface area (Å²) in [5.41, 5.74) is 2.93. The van der Waals surface area contributed by atoms with E-state index in [0.29, 0.717) is 41.0 Å². The molecule has 1 aliphatic rings. The number of hydrogen-bond acceptors (Lipinski definition) is 6. The monoisotopic (exact) mass is 561 g/mol. The van der Waals surface area contributed by atoms with Crippen LogP contribution in [0.15, 0.2) is 78.2 Å². The summed E-state index contributed by atoms with van der Waals surface area (Å²) >= 11 is 7.46. The van der Waals surface area contributed by atoms with Gasteiger partial charge in [-0.1, -0.05) is 48.0 Å². The zero-order valence-corrected chi connectivity index (χ0v) is 23.0. The van der Waals surface area contributed by atoms with Gasteiger partial charge in [-0.2, -0.15) is 0 Å². The molecule has 0 bridgehead atoms. The van der Waals surface area contributed by atoms with Crippen LogP contribution in [0.3, 0.4) is 0 Å². The van der Waals surface area contributed by atoms with E-state index in [4.69, 9.17) is 21.1 Å². The van der Waals surface area contributed by atoms with Gasteiger partial charge in [-0.3, -0.25) is 9.59 Å². The summed E-state index contributed by atoms with van der Waals surface area (Å²) in [5.74, 6) is 1.10. The minimum absolute atomic E-state index is 0.0260. The van der Waals surface area contributed by atoms with Crippen molar-refractivity contribution in [1.29, 1.82) is 0 Å². The Labute approximate surface area is 236 Å². The van der Waals surface area contributed by atoms with Gasteiger partial charge in [0.05, 0.1) is 17.8 Å². The lowest BCUT2D eigenvalue weighted by Crippen LogP contribution is -2.40. The van der Waals surface area contributed by atoms with E-state index in [0.717, 1.165) is 29.0 Å². The normalized spacial score (nSPS) is 13.6. The number of carbonyl (C=O) groups excluding carboxylic acids is 2. The number of ether oxygens (including phenoxy) is 2. The number of methoxy groups -OCH3 is 1. The number of nitrogens with one attached hydrogen (secondary N) is 1. The van der Waals surface area contributed by atoms with E-state index in [9.17, 15) is 9.59 Å². The highest BCUT2D eigenvalue weighted by atomic mass is 35.5. The first-order valence-electron chi connectivity index (χ1n) is 12.7. The van der Waals surface area contributed by atoms with Gasteiger partial charge in [-0.15, -0.1) is 11.3 Å². The second-order valence-electron chi connectivity index (χ2n) is 9.20. The number of amides is 2. The van der Waals surface area contributed by atoms with Crippen molar-refractivity contribution in [3.8, 4) is 22.6 Å². The fourth-order valence-electron chi connectivity index (χ4n) is 4.56. The van der Waals surface area contributed by atoms with Crippen LogP contribution in [0.2, 0.25) is 5.02 Å². The Morgan fingerprint density at radius 3 is 2.56 bits per heavy atom. The topological polar surface area (TPSA) is 80.8 Å². The molecule has 7 nitrogen and oxygen atoms in total. The minimum Gasteiger partial charge on any atom is -0.497 e. The van der Waals surface area contributed by atoms with Crippen molar-refractivity contribution in [2.24, 2.45) is 0 Å².